The number of rotatable bonds is 8. The third-order valence-corrected chi connectivity index (χ3v) is 7.55. The van der Waals surface area contributed by atoms with Crippen molar-refractivity contribution in [3.8, 4) is 11.1 Å². The van der Waals surface area contributed by atoms with Gasteiger partial charge in [0.05, 0.1) is 12.8 Å². The molecule has 0 radical (unpaired) electrons. The molecule has 2 aliphatic rings. The van der Waals surface area contributed by atoms with Crippen LogP contribution < -0.4 is 5.32 Å². The number of alkyl halides is 3. The first kappa shape index (κ1) is 30.7. The zero-order chi connectivity index (χ0) is 31.8. The van der Waals surface area contributed by atoms with Crippen molar-refractivity contribution < 1.29 is 46.2 Å². The van der Waals surface area contributed by atoms with Gasteiger partial charge in [0.2, 0.25) is 17.4 Å². The molecular formula is C29H27F4N5O6. The highest BCUT2D eigenvalue weighted by atomic mass is 19.4. The number of carbonyl (C=O) groups excluding carboxylic acids is 4. The van der Waals surface area contributed by atoms with Crippen LogP contribution in [0.3, 0.4) is 0 Å². The number of nitrogens with one attached hydrogen (secondary N) is 1. The second-order valence-electron chi connectivity index (χ2n) is 10.4. The van der Waals surface area contributed by atoms with Crippen LogP contribution in [0, 0.1) is 5.82 Å². The summed E-state index contributed by atoms with van der Waals surface area (Å²) in [5, 5.41) is 6.67. The fourth-order valence-electron chi connectivity index (χ4n) is 5.07. The van der Waals surface area contributed by atoms with Gasteiger partial charge in [-0.1, -0.05) is 24.3 Å². The number of carbonyl (C=O) groups is 4. The highest BCUT2D eigenvalue weighted by molar-refractivity contribution is 6.06. The molecular weight excluding hydrogens is 590 g/mol. The minimum atomic E-state index is -4.82. The van der Waals surface area contributed by atoms with Gasteiger partial charge in [-0.15, -0.1) is 0 Å². The molecule has 1 fully saturated rings. The highest BCUT2D eigenvalue weighted by Crippen LogP contribution is 2.41. The van der Waals surface area contributed by atoms with Crippen molar-refractivity contribution in [1.82, 2.24) is 24.9 Å². The number of hydrogen-bond donors (Lipinski definition) is 1. The third-order valence-electron chi connectivity index (χ3n) is 7.55. The second-order valence-corrected chi connectivity index (χ2v) is 10.4. The molecule has 1 spiro atoms. The van der Waals surface area contributed by atoms with Crippen LogP contribution in [0.1, 0.15) is 23.6 Å². The lowest BCUT2D eigenvalue weighted by Crippen LogP contribution is -2.52. The Morgan fingerprint density at radius 2 is 1.84 bits per heavy atom. The summed E-state index contributed by atoms with van der Waals surface area (Å²) < 4.78 is 67.0. The van der Waals surface area contributed by atoms with Crippen molar-refractivity contribution >= 4 is 23.8 Å². The Morgan fingerprint density at radius 3 is 2.52 bits per heavy atom. The van der Waals surface area contributed by atoms with Gasteiger partial charge in [-0.25, -0.2) is 14.1 Å². The van der Waals surface area contributed by atoms with Crippen molar-refractivity contribution in [1.29, 1.82) is 0 Å². The van der Waals surface area contributed by atoms with Gasteiger partial charge < -0.3 is 19.7 Å². The summed E-state index contributed by atoms with van der Waals surface area (Å²) in [4.78, 5) is 52.5. The van der Waals surface area contributed by atoms with Gasteiger partial charge in [0, 0.05) is 30.9 Å². The Morgan fingerprint density at radius 1 is 1.11 bits per heavy atom. The van der Waals surface area contributed by atoms with E-state index in [-0.39, 0.29) is 31.2 Å². The molecule has 4 amide bonds. The van der Waals surface area contributed by atoms with Gasteiger partial charge in [0.25, 0.3) is 5.91 Å². The molecule has 1 N–H and O–H groups in total. The number of likely N-dealkylation sites (N-methyl/N-ethyl adjacent to an activating group) is 1. The molecule has 2 aromatic carbocycles. The first-order chi connectivity index (χ1) is 20.8. The number of aromatic nitrogens is 2. The van der Waals surface area contributed by atoms with Crippen LogP contribution in [0.2, 0.25) is 0 Å². The summed E-state index contributed by atoms with van der Waals surface area (Å²) in [7, 11) is 1.51. The molecule has 1 saturated heterocycles. The number of amides is 4. The molecule has 1 aromatic heterocycles. The molecule has 3 heterocycles. The van der Waals surface area contributed by atoms with E-state index >= 15 is 0 Å². The van der Waals surface area contributed by atoms with Gasteiger partial charge in [0.1, 0.15) is 31.6 Å². The molecule has 0 bridgehead atoms. The van der Waals surface area contributed by atoms with Crippen LogP contribution in [0.5, 0.6) is 0 Å². The third kappa shape index (κ3) is 5.86. The quantitative estimate of drug-likeness (QED) is 0.386. The maximum Gasteiger partial charge on any atom is 0.418 e. The molecule has 1 unspecified atom stereocenters. The Labute approximate surface area is 248 Å². The van der Waals surface area contributed by atoms with Crippen LogP contribution in [0.25, 0.3) is 11.1 Å². The Kier molecular flexibility index (Phi) is 8.16. The van der Waals surface area contributed by atoms with Crippen molar-refractivity contribution in [2.75, 3.05) is 20.2 Å². The molecule has 3 aromatic rings. The zero-order valence-corrected chi connectivity index (χ0v) is 23.6. The van der Waals surface area contributed by atoms with E-state index in [1.165, 1.54) is 23.9 Å². The van der Waals surface area contributed by atoms with E-state index in [0.29, 0.717) is 32.1 Å². The number of hydrogen-bond acceptors (Lipinski definition) is 7. The van der Waals surface area contributed by atoms with E-state index in [4.69, 9.17) is 9.47 Å². The lowest BCUT2D eigenvalue weighted by atomic mass is 9.86. The average molecular weight is 618 g/mol. The molecule has 0 aliphatic carbocycles. The summed E-state index contributed by atoms with van der Waals surface area (Å²) in [6, 6.07) is 7.24. The minimum Gasteiger partial charge on any atom is -0.425 e. The zero-order valence-electron chi connectivity index (χ0n) is 23.6. The number of fused-ring (bicyclic) bond motifs is 2. The van der Waals surface area contributed by atoms with E-state index in [9.17, 15) is 36.7 Å². The summed E-state index contributed by atoms with van der Waals surface area (Å²) in [5.41, 5.74) is 0.431. The first-order valence-corrected chi connectivity index (χ1v) is 13.4. The van der Waals surface area contributed by atoms with Crippen LogP contribution in [-0.2, 0) is 49.2 Å². The van der Waals surface area contributed by atoms with Crippen molar-refractivity contribution in [3.05, 3.63) is 77.4 Å². The van der Waals surface area contributed by atoms with Gasteiger partial charge in [-0.2, -0.15) is 18.3 Å². The number of imide groups is 1. The fraction of sp³-hybridized carbons (Fsp3) is 0.345. The molecule has 0 saturated carbocycles. The molecule has 232 valence electrons. The van der Waals surface area contributed by atoms with Crippen LogP contribution in [0.15, 0.2) is 54.9 Å². The Bertz CT molecular complexity index is 1610. The van der Waals surface area contributed by atoms with E-state index in [2.05, 4.69) is 10.4 Å². The first-order valence-electron chi connectivity index (χ1n) is 13.4. The van der Waals surface area contributed by atoms with Crippen LogP contribution >= 0.6 is 0 Å². The van der Waals surface area contributed by atoms with E-state index in [1.54, 1.807) is 30.6 Å². The van der Waals surface area contributed by atoms with Gasteiger partial charge in [-0.3, -0.25) is 19.1 Å². The number of benzene rings is 2. The van der Waals surface area contributed by atoms with Crippen molar-refractivity contribution in [3.63, 3.8) is 0 Å². The Hall–Kier alpha value is -4.79. The van der Waals surface area contributed by atoms with Gasteiger partial charge >= 0.3 is 12.3 Å². The summed E-state index contributed by atoms with van der Waals surface area (Å²) >= 11 is 0. The summed E-state index contributed by atoms with van der Waals surface area (Å²) in [6.45, 7) is -1.07. The van der Waals surface area contributed by atoms with Crippen molar-refractivity contribution in [2.45, 2.75) is 44.4 Å². The predicted molar refractivity (Wildman–Crippen MR) is 144 cm³/mol. The largest absolute Gasteiger partial charge is 0.425 e. The number of halogens is 4. The molecule has 2 atom stereocenters. The molecule has 2 aliphatic heterocycles. The maximum absolute atomic E-state index is 13.7. The van der Waals surface area contributed by atoms with Crippen molar-refractivity contribution in [2.24, 2.45) is 0 Å². The van der Waals surface area contributed by atoms with E-state index in [1.807, 2.05) is 0 Å². The number of ether oxygens (including phenoxy) is 2. The van der Waals surface area contributed by atoms with Crippen LogP contribution in [-0.4, -0.2) is 75.8 Å². The second kappa shape index (κ2) is 11.7. The molecule has 15 heteroatoms. The summed E-state index contributed by atoms with van der Waals surface area (Å²) in [5.74, 6) is -2.97. The lowest BCUT2D eigenvalue weighted by Gasteiger charge is -2.33. The monoisotopic (exact) mass is 617 g/mol. The lowest BCUT2D eigenvalue weighted by molar-refractivity contribution is -0.187. The highest BCUT2D eigenvalue weighted by Gasteiger charge is 2.58. The Balaban J connectivity index is 1.38. The maximum atomic E-state index is 13.7. The van der Waals surface area contributed by atoms with Crippen LogP contribution in [0.4, 0.5) is 22.4 Å². The average Bonchev–Trinajstić information content (AvgIpc) is 3.54. The number of nitrogens with zero attached hydrogens (tertiary/aromatic N) is 4. The smallest absolute Gasteiger partial charge is 0.418 e. The predicted octanol–water partition coefficient (Wildman–Crippen LogP) is 3.12. The fourth-order valence-corrected chi connectivity index (χ4v) is 5.07. The normalized spacial score (nSPS) is 18.6. The minimum absolute atomic E-state index is 0.00967. The topological polar surface area (TPSA) is 123 Å². The summed E-state index contributed by atoms with van der Waals surface area (Å²) in [6.07, 6.45) is -2.82. The molecule has 5 rings (SSSR count). The molecule has 44 heavy (non-hydrogen) atoms. The standard InChI is InChI=1S/C29H27F4N5O6/c1-17(29(31,32)33)37(11-18-3-6-22(30)7-4-18)25(40)14-38-26(41)28(44-27(38)42)16-43-15-20-9-19(5-8-23(20)28)21-10-35-36(12-21)13-24(39)34-2/h3-10,12,17H,11,13-16H2,1-2H3,(H,34,39)/t17-,28?/m0/s1. The van der Waals surface area contributed by atoms with E-state index < -0.39 is 54.6 Å². The van der Waals surface area contributed by atoms with Gasteiger partial charge in [0.15, 0.2) is 0 Å². The SMILES string of the molecule is CNC(=O)Cn1cc(-c2ccc3c(c2)COCC32OC(=O)N(CC(=O)N(Cc3ccc(F)cc3)[C@@H](C)C(F)(F)F)C2=O)cn1. The van der Waals surface area contributed by atoms with Gasteiger partial charge in [-0.05, 0) is 41.8 Å². The van der Waals surface area contributed by atoms with E-state index in [0.717, 1.165) is 19.1 Å². The molecule has 11 nitrogen and oxygen atoms in total.